The first-order chi connectivity index (χ1) is 13.4. The number of anilines is 1. The van der Waals surface area contributed by atoms with Crippen LogP contribution in [-0.2, 0) is 6.42 Å². The zero-order chi connectivity index (χ0) is 17.8. The van der Waals surface area contributed by atoms with Crippen molar-refractivity contribution in [1.29, 1.82) is 0 Å². The molecule has 136 valence electrons. The van der Waals surface area contributed by atoms with Gasteiger partial charge in [-0.2, -0.15) is 5.10 Å². The predicted molar refractivity (Wildman–Crippen MR) is 97.6 cm³/mol. The van der Waals surface area contributed by atoms with E-state index in [1.807, 2.05) is 22.8 Å². The van der Waals surface area contributed by atoms with Gasteiger partial charge in [0, 0.05) is 30.8 Å². The minimum absolute atomic E-state index is 0.144. The molecule has 1 fully saturated rings. The van der Waals surface area contributed by atoms with Crippen molar-refractivity contribution in [2.75, 3.05) is 11.4 Å². The number of pyridine rings is 1. The molecule has 6 rings (SSSR count). The highest BCUT2D eigenvalue weighted by atomic mass is 16.4. The Hall–Kier alpha value is -3.16. The van der Waals surface area contributed by atoms with Crippen LogP contribution >= 0.6 is 0 Å². The molecule has 0 spiro atoms. The van der Waals surface area contributed by atoms with E-state index in [2.05, 4.69) is 37.2 Å². The lowest BCUT2D eigenvalue weighted by atomic mass is 9.85. The summed E-state index contributed by atoms with van der Waals surface area (Å²) in [5, 5.41) is 13.5. The van der Waals surface area contributed by atoms with Crippen LogP contribution in [-0.4, -0.2) is 36.3 Å². The fourth-order valence-corrected chi connectivity index (χ4v) is 4.04. The molecule has 1 aliphatic heterocycles. The summed E-state index contributed by atoms with van der Waals surface area (Å²) in [6.07, 6.45) is 8.10. The van der Waals surface area contributed by atoms with Gasteiger partial charge in [0.15, 0.2) is 0 Å². The van der Waals surface area contributed by atoms with Crippen LogP contribution in [0.3, 0.4) is 0 Å². The van der Waals surface area contributed by atoms with E-state index < -0.39 is 0 Å². The van der Waals surface area contributed by atoms with Crippen LogP contribution in [0.5, 0.6) is 0 Å². The molecule has 0 radical (unpaired) electrons. The number of hydrogen-bond donors (Lipinski definition) is 1. The second kappa shape index (κ2) is 5.67. The summed E-state index contributed by atoms with van der Waals surface area (Å²) in [6.45, 7) is 0.778. The zero-order valence-electron chi connectivity index (χ0n) is 14.7. The first kappa shape index (κ1) is 15.0. The Kier molecular flexibility index (Phi) is 3.14. The lowest BCUT2D eigenvalue weighted by Gasteiger charge is -2.32. The molecule has 1 aliphatic carbocycles. The van der Waals surface area contributed by atoms with Crippen LogP contribution < -0.4 is 4.90 Å². The Morgan fingerprint density at radius 3 is 3.00 bits per heavy atom. The zero-order valence-corrected chi connectivity index (χ0v) is 14.7. The maximum atomic E-state index is 6.08. The Morgan fingerprint density at radius 2 is 2.15 bits per heavy atom. The highest BCUT2D eigenvalue weighted by Crippen LogP contribution is 2.39. The van der Waals surface area contributed by atoms with Crippen molar-refractivity contribution in [2.45, 2.75) is 37.6 Å². The predicted octanol–water partition coefficient (Wildman–Crippen LogP) is 2.86. The number of fused-ring (bicyclic) bond motifs is 2. The number of H-pyrrole nitrogens is 1. The molecule has 0 bridgehead atoms. The molecule has 5 heterocycles. The van der Waals surface area contributed by atoms with Crippen molar-refractivity contribution in [1.82, 2.24) is 29.8 Å². The standard InChI is InChI=1S/C19H19N7O/c1-2-8-26-13(6-1)10-15(24-26)17-16-14(20-11-21-16)7-9-25(17)19-23-22-18(27-19)12-4-3-5-12/h1-2,6,8,10-12,17H,3-5,7,9H2,(H,20,21). The summed E-state index contributed by atoms with van der Waals surface area (Å²) >= 11 is 0. The third-order valence-corrected chi connectivity index (χ3v) is 5.72. The molecule has 4 aromatic rings. The molecule has 1 N–H and O–H groups in total. The summed E-state index contributed by atoms with van der Waals surface area (Å²) in [7, 11) is 0. The molecule has 0 saturated heterocycles. The van der Waals surface area contributed by atoms with Crippen LogP contribution in [0.2, 0.25) is 0 Å². The number of rotatable bonds is 3. The molecule has 1 unspecified atom stereocenters. The van der Waals surface area contributed by atoms with Gasteiger partial charge in [-0.1, -0.05) is 17.6 Å². The Morgan fingerprint density at radius 1 is 1.19 bits per heavy atom. The van der Waals surface area contributed by atoms with Gasteiger partial charge in [-0.05, 0) is 31.0 Å². The highest BCUT2D eigenvalue weighted by Gasteiger charge is 2.36. The Bertz CT molecular complexity index is 1070. The summed E-state index contributed by atoms with van der Waals surface area (Å²) in [5.41, 5.74) is 4.11. The molecule has 8 nitrogen and oxygen atoms in total. The summed E-state index contributed by atoms with van der Waals surface area (Å²) in [6, 6.07) is 8.57. The van der Waals surface area contributed by atoms with Crippen LogP contribution in [0.4, 0.5) is 6.01 Å². The van der Waals surface area contributed by atoms with Crippen molar-refractivity contribution in [2.24, 2.45) is 0 Å². The monoisotopic (exact) mass is 361 g/mol. The molecule has 8 heteroatoms. The lowest BCUT2D eigenvalue weighted by Crippen LogP contribution is -2.37. The van der Waals surface area contributed by atoms with E-state index in [1.165, 1.54) is 6.42 Å². The molecule has 1 atom stereocenters. The fourth-order valence-electron chi connectivity index (χ4n) is 4.04. The van der Waals surface area contributed by atoms with Gasteiger partial charge in [-0.25, -0.2) is 9.50 Å². The second-order valence-electron chi connectivity index (χ2n) is 7.30. The lowest BCUT2D eigenvalue weighted by molar-refractivity contribution is 0.333. The number of aromatic amines is 1. The van der Waals surface area contributed by atoms with Gasteiger partial charge in [0.05, 0.1) is 23.2 Å². The number of hydrogen-bond acceptors (Lipinski definition) is 6. The van der Waals surface area contributed by atoms with Crippen LogP contribution in [0.25, 0.3) is 5.52 Å². The summed E-state index contributed by atoms with van der Waals surface area (Å²) in [5.74, 6) is 1.18. The maximum Gasteiger partial charge on any atom is 0.319 e. The minimum atomic E-state index is -0.144. The van der Waals surface area contributed by atoms with Gasteiger partial charge in [-0.15, -0.1) is 5.10 Å². The van der Waals surface area contributed by atoms with Crippen molar-refractivity contribution in [3.8, 4) is 0 Å². The summed E-state index contributed by atoms with van der Waals surface area (Å²) in [4.78, 5) is 10.00. The molecule has 1 saturated carbocycles. The molecule has 0 amide bonds. The molecule has 27 heavy (non-hydrogen) atoms. The third-order valence-electron chi connectivity index (χ3n) is 5.72. The number of aromatic nitrogens is 6. The van der Waals surface area contributed by atoms with E-state index in [-0.39, 0.29) is 6.04 Å². The molecule has 2 aliphatic rings. The van der Waals surface area contributed by atoms with E-state index >= 15 is 0 Å². The van der Waals surface area contributed by atoms with Crippen molar-refractivity contribution < 1.29 is 4.42 Å². The van der Waals surface area contributed by atoms with E-state index in [4.69, 9.17) is 9.52 Å². The van der Waals surface area contributed by atoms with Gasteiger partial charge < -0.3 is 14.3 Å². The van der Waals surface area contributed by atoms with E-state index in [0.717, 1.165) is 54.3 Å². The Labute approximate surface area is 155 Å². The normalized spacial score (nSPS) is 20.0. The van der Waals surface area contributed by atoms with E-state index in [9.17, 15) is 0 Å². The quantitative estimate of drug-likeness (QED) is 0.604. The molecular formula is C19H19N7O. The third kappa shape index (κ3) is 2.29. The van der Waals surface area contributed by atoms with Crippen molar-refractivity contribution >= 4 is 11.5 Å². The number of imidazole rings is 1. The molecule has 0 aromatic carbocycles. The smallest absolute Gasteiger partial charge is 0.319 e. The van der Waals surface area contributed by atoms with Gasteiger partial charge in [0.1, 0.15) is 6.04 Å². The maximum absolute atomic E-state index is 6.08. The van der Waals surface area contributed by atoms with Crippen molar-refractivity contribution in [3.63, 3.8) is 0 Å². The molecular weight excluding hydrogens is 342 g/mol. The SMILES string of the molecule is c1ccn2nc(C3c4nc[nH]c4CCN3c3nnc(C4CCC4)o3)cc2c1. The topological polar surface area (TPSA) is 88.1 Å². The average Bonchev–Trinajstić information content (AvgIpc) is 3.37. The number of nitrogens with one attached hydrogen (secondary N) is 1. The molecule has 4 aromatic heterocycles. The van der Waals surface area contributed by atoms with Gasteiger partial charge >= 0.3 is 6.01 Å². The fraction of sp³-hybridized carbons (Fsp3) is 0.368. The Balaban J connectivity index is 1.45. The first-order valence-corrected chi connectivity index (χ1v) is 9.43. The average molecular weight is 361 g/mol. The van der Waals surface area contributed by atoms with Gasteiger partial charge in [-0.3, -0.25) is 0 Å². The van der Waals surface area contributed by atoms with Crippen LogP contribution in [0.1, 0.15) is 54.2 Å². The van der Waals surface area contributed by atoms with Gasteiger partial charge in [0.25, 0.3) is 0 Å². The minimum Gasteiger partial charge on any atom is -0.408 e. The first-order valence-electron chi connectivity index (χ1n) is 9.43. The second-order valence-corrected chi connectivity index (χ2v) is 7.30. The van der Waals surface area contributed by atoms with E-state index in [1.54, 1.807) is 6.33 Å². The van der Waals surface area contributed by atoms with Crippen LogP contribution in [0, 0.1) is 0 Å². The highest BCUT2D eigenvalue weighted by molar-refractivity contribution is 5.51. The van der Waals surface area contributed by atoms with Crippen LogP contribution in [0.15, 0.2) is 41.2 Å². The van der Waals surface area contributed by atoms with Gasteiger partial charge in [0.2, 0.25) is 5.89 Å². The summed E-state index contributed by atoms with van der Waals surface area (Å²) < 4.78 is 7.97. The van der Waals surface area contributed by atoms with E-state index in [0.29, 0.717) is 11.9 Å². The largest absolute Gasteiger partial charge is 0.408 e. The number of nitrogens with zero attached hydrogens (tertiary/aromatic N) is 6. The van der Waals surface area contributed by atoms with Crippen molar-refractivity contribution in [3.05, 3.63) is 59.8 Å².